The van der Waals surface area contributed by atoms with Crippen molar-refractivity contribution in [3.8, 4) is 5.69 Å². The van der Waals surface area contributed by atoms with Crippen molar-refractivity contribution in [1.29, 1.82) is 0 Å². The second-order valence-electron chi connectivity index (χ2n) is 6.41. The fraction of sp³-hybridized carbons (Fsp3) is 0.136. The average Bonchev–Trinajstić information content (AvgIpc) is 3.09. The van der Waals surface area contributed by atoms with Gasteiger partial charge in [-0.15, -0.1) is 0 Å². The molecule has 0 saturated heterocycles. The van der Waals surface area contributed by atoms with Crippen molar-refractivity contribution < 1.29 is 4.79 Å². The topological polar surface area (TPSA) is 59.8 Å². The number of hydrogen-bond donors (Lipinski definition) is 1. The zero-order chi connectivity index (χ0) is 18.8. The molecule has 0 unspecified atom stereocenters. The van der Waals surface area contributed by atoms with Crippen molar-refractivity contribution in [2.75, 3.05) is 5.32 Å². The monoisotopic (exact) mass is 356 g/mol. The van der Waals surface area contributed by atoms with E-state index in [0.29, 0.717) is 11.4 Å². The Morgan fingerprint density at radius 2 is 1.78 bits per heavy atom. The van der Waals surface area contributed by atoms with E-state index in [-0.39, 0.29) is 5.91 Å². The summed E-state index contributed by atoms with van der Waals surface area (Å²) in [5.74, 6) is 0.315. The summed E-state index contributed by atoms with van der Waals surface area (Å²) in [6.07, 6.45) is 4.27. The number of nitrogens with zero attached hydrogens (tertiary/aromatic N) is 3. The molecule has 0 bridgehead atoms. The summed E-state index contributed by atoms with van der Waals surface area (Å²) in [7, 11) is 0. The van der Waals surface area contributed by atoms with Crippen LogP contribution in [0.4, 0.5) is 5.82 Å². The van der Waals surface area contributed by atoms with Crippen LogP contribution < -0.4 is 5.32 Å². The summed E-state index contributed by atoms with van der Waals surface area (Å²) in [4.78, 5) is 17.1. The Balaban J connectivity index is 1.63. The number of pyridine rings is 1. The Hall–Kier alpha value is -3.47. The summed E-state index contributed by atoms with van der Waals surface area (Å²) in [5.41, 5.74) is 3.53. The lowest BCUT2D eigenvalue weighted by molar-refractivity contribution is 0.102. The normalized spacial score (nSPS) is 10.9. The first kappa shape index (κ1) is 17.0. The van der Waals surface area contributed by atoms with Gasteiger partial charge >= 0.3 is 0 Å². The SMILES string of the molecule is CCc1ccccc1-n1ncc(C(=O)Nc2cc3ccccc3cn2)c1C. The van der Waals surface area contributed by atoms with Gasteiger partial charge < -0.3 is 5.32 Å². The Labute approximate surface area is 157 Å². The lowest BCUT2D eigenvalue weighted by Gasteiger charge is -2.10. The van der Waals surface area contributed by atoms with Gasteiger partial charge in [0.25, 0.3) is 5.91 Å². The highest BCUT2D eigenvalue weighted by Crippen LogP contribution is 2.20. The second kappa shape index (κ2) is 7.03. The van der Waals surface area contributed by atoms with Gasteiger partial charge in [-0.1, -0.05) is 49.4 Å². The number of amides is 1. The molecule has 0 atom stereocenters. The molecule has 0 aliphatic rings. The highest BCUT2D eigenvalue weighted by Gasteiger charge is 2.17. The zero-order valence-corrected chi connectivity index (χ0v) is 15.3. The molecule has 0 aliphatic heterocycles. The van der Waals surface area contributed by atoms with Gasteiger partial charge in [0, 0.05) is 11.6 Å². The van der Waals surface area contributed by atoms with Crippen LogP contribution in [0.1, 0.15) is 28.5 Å². The summed E-state index contributed by atoms with van der Waals surface area (Å²) < 4.78 is 1.82. The predicted octanol–water partition coefficient (Wildman–Crippen LogP) is 4.54. The molecule has 2 heterocycles. The quantitative estimate of drug-likeness (QED) is 0.584. The van der Waals surface area contributed by atoms with Crippen LogP contribution in [-0.4, -0.2) is 20.7 Å². The fourth-order valence-electron chi connectivity index (χ4n) is 3.23. The molecule has 2 aromatic carbocycles. The second-order valence-corrected chi connectivity index (χ2v) is 6.41. The number of carbonyl (C=O) groups is 1. The van der Waals surface area contributed by atoms with Crippen molar-refractivity contribution >= 4 is 22.5 Å². The van der Waals surface area contributed by atoms with Crippen molar-refractivity contribution in [3.63, 3.8) is 0 Å². The van der Waals surface area contributed by atoms with Gasteiger partial charge in [0.1, 0.15) is 5.82 Å². The summed E-state index contributed by atoms with van der Waals surface area (Å²) >= 11 is 0. The first-order valence-electron chi connectivity index (χ1n) is 8.96. The number of hydrogen-bond acceptors (Lipinski definition) is 3. The third-order valence-electron chi connectivity index (χ3n) is 4.73. The standard InChI is InChI=1S/C22H20N4O/c1-3-16-8-6-7-11-20(16)26-15(2)19(14-24-26)22(27)25-21-12-17-9-4-5-10-18(17)13-23-21/h4-14H,3H2,1-2H3,(H,23,25,27). The minimum Gasteiger partial charge on any atom is -0.306 e. The first-order chi connectivity index (χ1) is 13.2. The Kier molecular flexibility index (Phi) is 4.42. The molecule has 4 rings (SSSR count). The molecule has 27 heavy (non-hydrogen) atoms. The maximum atomic E-state index is 12.8. The summed E-state index contributed by atoms with van der Waals surface area (Å²) in [6.45, 7) is 4.01. The minimum atomic E-state index is -0.212. The summed E-state index contributed by atoms with van der Waals surface area (Å²) in [6, 6.07) is 17.9. The van der Waals surface area contributed by atoms with E-state index < -0.39 is 0 Å². The number of carbonyl (C=O) groups excluding carboxylic acids is 1. The molecule has 1 amide bonds. The van der Waals surface area contributed by atoms with Gasteiger partial charge in [-0.25, -0.2) is 9.67 Å². The van der Waals surface area contributed by atoms with Gasteiger partial charge in [0.15, 0.2) is 0 Å². The molecule has 134 valence electrons. The Morgan fingerprint density at radius 3 is 2.59 bits per heavy atom. The molecule has 0 radical (unpaired) electrons. The van der Waals surface area contributed by atoms with Crippen LogP contribution in [0.15, 0.2) is 67.0 Å². The van der Waals surface area contributed by atoms with E-state index in [9.17, 15) is 4.79 Å². The van der Waals surface area contributed by atoms with Gasteiger partial charge in [-0.05, 0) is 36.4 Å². The third kappa shape index (κ3) is 3.19. The number of nitrogens with one attached hydrogen (secondary N) is 1. The van der Waals surface area contributed by atoms with Crippen molar-refractivity contribution in [3.05, 3.63) is 83.8 Å². The number of anilines is 1. The van der Waals surface area contributed by atoms with Crippen LogP contribution in [0, 0.1) is 6.92 Å². The summed E-state index contributed by atoms with van der Waals surface area (Å²) in [5, 5.41) is 9.40. The van der Waals surface area contributed by atoms with Gasteiger partial charge in [-0.2, -0.15) is 5.10 Å². The minimum absolute atomic E-state index is 0.212. The maximum Gasteiger partial charge on any atom is 0.260 e. The smallest absolute Gasteiger partial charge is 0.260 e. The number of rotatable bonds is 4. The predicted molar refractivity (Wildman–Crippen MR) is 107 cm³/mol. The van der Waals surface area contributed by atoms with E-state index in [4.69, 9.17) is 0 Å². The number of fused-ring (bicyclic) bond motifs is 1. The molecule has 5 nitrogen and oxygen atoms in total. The highest BCUT2D eigenvalue weighted by atomic mass is 16.1. The molecule has 1 N–H and O–H groups in total. The number of aromatic nitrogens is 3. The largest absolute Gasteiger partial charge is 0.306 e. The first-order valence-corrected chi connectivity index (χ1v) is 8.96. The number of benzene rings is 2. The van der Waals surface area contributed by atoms with E-state index in [1.165, 1.54) is 5.56 Å². The van der Waals surface area contributed by atoms with E-state index >= 15 is 0 Å². The maximum absolute atomic E-state index is 12.8. The Bertz CT molecular complexity index is 1130. The zero-order valence-electron chi connectivity index (χ0n) is 15.3. The average molecular weight is 356 g/mol. The van der Waals surface area contributed by atoms with E-state index in [0.717, 1.165) is 28.6 Å². The molecular weight excluding hydrogens is 336 g/mol. The molecule has 4 aromatic rings. The van der Waals surface area contributed by atoms with Crippen LogP contribution in [0.3, 0.4) is 0 Å². The van der Waals surface area contributed by atoms with Crippen molar-refractivity contribution in [2.24, 2.45) is 0 Å². The fourth-order valence-corrected chi connectivity index (χ4v) is 3.23. The van der Waals surface area contributed by atoms with Gasteiger partial charge in [0.05, 0.1) is 23.1 Å². The van der Waals surface area contributed by atoms with E-state index in [2.05, 4.69) is 28.4 Å². The lowest BCUT2D eigenvalue weighted by atomic mass is 10.1. The molecule has 5 heteroatoms. The molecule has 0 aliphatic carbocycles. The van der Waals surface area contributed by atoms with Gasteiger partial charge in [-0.3, -0.25) is 4.79 Å². The molecule has 0 saturated carbocycles. The van der Waals surface area contributed by atoms with Gasteiger partial charge in [0.2, 0.25) is 0 Å². The number of aryl methyl sites for hydroxylation is 1. The molecule has 0 spiro atoms. The van der Waals surface area contributed by atoms with Crippen molar-refractivity contribution in [1.82, 2.24) is 14.8 Å². The third-order valence-corrected chi connectivity index (χ3v) is 4.73. The van der Waals surface area contributed by atoms with Crippen LogP contribution >= 0.6 is 0 Å². The lowest BCUT2D eigenvalue weighted by Crippen LogP contribution is -2.14. The van der Waals surface area contributed by atoms with Crippen LogP contribution in [-0.2, 0) is 6.42 Å². The Morgan fingerprint density at radius 1 is 1.04 bits per heavy atom. The molecule has 0 fully saturated rings. The van der Waals surface area contributed by atoms with Crippen LogP contribution in [0.5, 0.6) is 0 Å². The van der Waals surface area contributed by atoms with Crippen molar-refractivity contribution in [2.45, 2.75) is 20.3 Å². The van der Waals surface area contributed by atoms with E-state index in [1.807, 2.05) is 60.1 Å². The van der Waals surface area contributed by atoms with Crippen LogP contribution in [0.2, 0.25) is 0 Å². The molecular formula is C22H20N4O. The highest BCUT2D eigenvalue weighted by molar-refractivity contribution is 6.05. The van der Waals surface area contributed by atoms with Crippen LogP contribution in [0.25, 0.3) is 16.5 Å². The number of para-hydroxylation sites is 1. The molecule has 2 aromatic heterocycles. The van der Waals surface area contributed by atoms with E-state index in [1.54, 1.807) is 12.4 Å².